The molecule has 0 bridgehead atoms. The van der Waals surface area contributed by atoms with Crippen LogP contribution in [-0.2, 0) is 39.2 Å². The van der Waals surface area contributed by atoms with E-state index in [0.717, 1.165) is 59.7 Å². The summed E-state index contributed by atoms with van der Waals surface area (Å²) in [5, 5.41) is 41.2. The number of rotatable bonds is 6. The van der Waals surface area contributed by atoms with Gasteiger partial charge in [-0.25, -0.2) is 0 Å². The standard InChI is InChI=1S/C30H30N2O2.2C2H4O2.Co/c1-5-21-11-19(3)13-25(29(21)33)17-31-27-15-23-9-7-8-10-24(23)16-28(27)32-18-26-14-20(4)12-22(6-2)30(26)34;2*1-2(3)4;/h7-18,33-34H,5-6H2,1-4H3;2*1H3,(H,3,4);/q;;;+2/p-2. The first-order valence-electron chi connectivity index (χ1n) is 13.5. The van der Waals surface area contributed by atoms with E-state index in [9.17, 15) is 10.2 Å². The molecule has 43 heavy (non-hydrogen) atoms. The van der Waals surface area contributed by atoms with Gasteiger partial charge in [0, 0.05) is 35.5 Å². The van der Waals surface area contributed by atoms with Crippen LogP contribution in [0.2, 0.25) is 0 Å². The minimum absolute atomic E-state index is 0. The first-order chi connectivity index (χ1) is 19.9. The van der Waals surface area contributed by atoms with Gasteiger partial charge in [0.2, 0.25) is 0 Å². The Hall–Kier alpha value is -4.47. The average molecular weight is 628 g/mol. The number of carbonyl (C=O) groups is 2. The Kier molecular flexibility index (Phi) is 14.9. The molecule has 2 N–H and O–H groups in total. The molecule has 1 radical (unpaired) electrons. The molecule has 9 heteroatoms. The molecule has 0 spiro atoms. The van der Waals surface area contributed by atoms with Crippen LogP contribution in [0.1, 0.15) is 61.1 Å². The van der Waals surface area contributed by atoms with Crippen molar-refractivity contribution in [1.29, 1.82) is 0 Å². The van der Waals surface area contributed by atoms with Crippen LogP contribution in [0.25, 0.3) is 10.8 Å². The van der Waals surface area contributed by atoms with E-state index < -0.39 is 11.9 Å². The number of nitrogens with zero attached hydrogens (tertiary/aromatic N) is 2. The quantitative estimate of drug-likeness (QED) is 0.288. The number of aliphatic imine (C=N–C) groups is 2. The second-order valence-corrected chi connectivity index (χ2v) is 9.62. The normalized spacial score (nSPS) is 10.5. The number of aryl methyl sites for hydroxylation is 4. The summed E-state index contributed by atoms with van der Waals surface area (Å²) in [5.74, 6) is -1.64. The number of aromatic hydroxyl groups is 2. The van der Waals surface area contributed by atoms with Gasteiger partial charge in [-0.05, 0) is 97.8 Å². The molecule has 0 amide bonds. The number of hydrogen-bond acceptors (Lipinski definition) is 8. The van der Waals surface area contributed by atoms with Gasteiger partial charge in [-0.3, -0.25) is 9.98 Å². The van der Waals surface area contributed by atoms with E-state index in [2.05, 4.69) is 0 Å². The van der Waals surface area contributed by atoms with E-state index in [0.29, 0.717) is 22.5 Å². The van der Waals surface area contributed by atoms with E-state index in [1.54, 1.807) is 12.4 Å². The van der Waals surface area contributed by atoms with Crippen LogP contribution in [0.15, 0.2) is 70.6 Å². The van der Waals surface area contributed by atoms with Crippen molar-refractivity contribution in [1.82, 2.24) is 0 Å². The van der Waals surface area contributed by atoms with Gasteiger partial charge in [0.25, 0.3) is 0 Å². The van der Waals surface area contributed by atoms with Crippen molar-refractivity contribution >= 4 is 46.5 Å². The van der Waals surface area contributed by atoms with Crippen molar-refractivity contribution in [2.45, 2.75) is 54.4 Å². The number of carbonyl (C=O) groups excluding carboxylic acids is 2. The van der Waals surface area contributed by atoms with E-state index >= 15 is 0 Å². The van der Waals surface area contributed by atoms with E-state index in [1.807, 2.05) is 88.4 Å². The largest absolute Gasteiger partial charge is 2.00 e. The minimum atomic E-state index is -1.08. The molecule has 8 nitrogen and oxygen atoms in total. The van der Waals surface area contributed by atoms with Crippen LogP contribution in [-0.4, -0.2) is 34.6 Å². The van der Waals surface area contributed by atoms with Crippen LogP contribution in [0.4, 0.5) is 11.4 Å². The summed E-state index contributed by atoms with van der Waals surface area (Å²) < 4.78 is 0. The second-order valence-electron chi connectivity index (χ2n) is 9.62. The van der Waals surface area contributed by atoms with Gasteiger partial charge in [0.15, 0.2) is 0 Å². The molecular weight excluding hydrogens is 591 g/mol. The van der Waals surface area contributed by atoms with Gasteiger partial charge in [0.1, 0.15) is 11.5 Å². The molecular formula is C34H36CoN2O6. The number of phenols is 2. The topological polar surface area (TPSA) is 145 Å². The van der Waals surface area contributed by atoms with Crippen LogP contribution < -0.4 is 10.2 Å². The third kappa shape index (κ3) is 11.4. The van der Waals surface area contributed by atoms with Crippen LogP contribution >= 0.6 is 0 Å². The molecule has 0 aliphatic heterocycles. The Labute approximate surface area is 262 Å². The summed E-state index contributed by atoms with van der Waals surface area (Å²) in [7, 11) is 0. The Morgan fingerprint density at radius 1 is 0.698 bits per heavy atom. The number of hydrogen-bond donors (Lipinski definition) is 2. The Morgan fingerprint density at radius 3 is 1.33 bits per heavy atom. The first-order valence-corrected chi connectivity index (χ1v) is 13.5. The summed E-state index contributed by atoms with van der Waals surface area (Å²) in [6.07, 6.45) is 4.90. The number of fused-ring (bicyclic) bond motifs is 1. The van der Waals surface area contributed by atoms with Crippen molar-refractivity contribution in [3.63, 3.8) is 0 Å². The summed E-state index contributed by atoms with van der Waals surface area (Å²) in [5.41, 5.74) is 6.71. The van der Waals surface area contributed by atoms with E-state index in [4.69, 9.17) is 29.8 Å². The van der Waals surface area contributed by atoms with Crippen LogP contribution in [0.5, 0.6) is 11.5 Å². The number of carboxylic acids is 2. The summed E-state index contributed by atoms with van der Waals surface area (Å²) in [6, 6.07) is 19.9. The fourth-order valence-electron chi connectivity index (χ4n) is 4.20. The summed E-state index contributed by atoms with van der Waals surface area (Å²) in [6.45, 7) is 10.0. The van der Waals surface area contributed by atoms with Gasteiger partial charge >= 0.3 is 16.8 Å². The molecule has 0 aliphatic carbocycles. The zero-order valence-electron chi connectivity index (χ0n) is 25.1. The second kappa shape index (κ2) is 17.5. The van der Waals surface area contributed by atoms with Crippen LogP contribution in [0.3, 0.4) is 0 Å². The maximum atomic E-state index is 10.6. The minimum Gasteiger partial charge on any atom is -0.550 e. The Morgan fingerprint density at radius 2 is 1.02 bits per heavy atom. The van der Waals surface area contributed by atoms with E-state index in [-0.39, 0.29) is 28.3 Å². The van der Waals surface area contributed by atoms with Crippen LogP contribution in [0, 0.1) is 13.8 Å². The third-order valence-electron chi connectivity index (χ3n) is 6.02. The Balaban J connectivity index is 0.000000917. The number of carboxylic acid groups (broad SMARTS) is 2. The molecule has 0 aromatic heterocycles. The number of phenolic OH excluding ortho intramolecular Hbond substituents is 2. The van der Waals surface area contributed by atoms with Gasteiger partial charge < -0.3 is 30.0 Å². The molecule has 4 aromatic rings. The third-order valence-corrected chi connectivity index (χ3v) is 6.02. The molecule has 0 saturated heterocycles. The molecule has 0 aliphatic rings. The van der Waals surface area contributed by atoms with Crippen molar-refractivity contribution in [3.8, 4) is 11.5 Å². The number of benzene rings is 4. The van der Waals surface area contributed by atoms with Gasteiger partial charge in [-0.1, -0.05) is 50.2 Å². The fraction of sp³-hybridized carbons (Fsp3) is 0.235. The maximum absolute atomic E-state index is 10.6. The molecule has 4 rings (SSSR count). The molecule has 0 unspecified atom stereocenters. The van der Waals surface area contributed by atoms with Gasteiger partial charge in [0.05, 0.1) is 11.4 Å². The maximum Gasteiger partial charge on any atom is 2.00 e. The predicted octanol–water partition coefficient (Wildman–Crippen LogP) is 5.00. The van der Waals surface area contributed by atoms with E-state index in [1.165, 1.54) is 0 Å². The zero-order valence-corrected chi connectivity index (χ0v) is 26.1. The monoisotopic (exact) mass is 627 g/mol. The van der Waals surface area contributed by atoms with Crippen molar-refractivity contribution in [3.05, 3.63) is 94.0 Å². The summed E-state index contributed by atoms with van der Waals surface area (Å²) in [4.78, 5) is 27.2. The average Bonchev–Trinajstić information content (AvgIpc) is 2.92. The van der Waals surface area contributed by atoms with Crippen molar-refractivity contribution in [2.75, 3.05) is 0 Å². The molecule has 0 atom stereocenters. The Bertz CT molecular complexity index is 1500. The smallest absolute Gasteiger partial charge is 0.550 e. The number of aliphatic carboxylic acids is 2. The predicted molar refractivity (Wildman–Crippen MR) is 164 cm³/mol. The fourth-order valence-corrected chi connectivity index (χ4v) is 4.20. The van der Waals surface area contributed by atoms with Crippen molar-refractivity contribution in [2.24, 2.45) is 9.98 Å². The summed E-state index contributed by atoms with van der Waals surface area (Å²) >= 11 is 0. The molecule has 0 fully saturated rings. The molecule has 227 valence electrons. The van der Waals surface area contributed by atoms with Gasteiger partial charge in [-0.15, -0.1) is 0 Å². The van der Waals surface area contributed by atoms with Crippen molar-refractivity contribution < 1.29 is 46.8 Å². The molecule has 0 heterocycles. The van der Waals surface area contributed by atoms with Gasteiger partial charge in [-0.2, -0.15) is 0 Å². The zero-order chi connectivity index (χ0) is 31.4. The first kappa shape index (κ1) is 36.6. The SMILES string of the molecule is CC(=O)[O-].CC(=O)[O-].CCc1cc(C)cc(C=Nc2cc3ccccc3cc2N=Cc2cc(C)cc(CC)c2O)c1O.[Co+2]. The molecule has 4 aromatic carbocycles. The molecule has 0 saturated carbocycles.